The van der Waals surface area contributed by atoms with Gasteiger partial charge in [-0.25, -0.2) is 4.39 Å². The first kappa shape index (κ1) is 19.8. The molecular formula is C20H21ClFNO3. The Kier molecular flexibility index (Phi) is 7.04. The monoisotopic (exact) mass is 377 g/mol. The minimum Gasteiger partial charge on any atom is -0.493 e. The van der Waals surface area contributed by atoms with E-state index in [1.54, 1.807) is 25.3 Å². The summed E-state index contributed by atoms with van der Waals surface area (Å²) < 4.78 is 24.2. The third kappa shape index (κ3) is 5.77. The molecule has 0 aromatic heterocycles. The first-order valence-electron chi connectivity index (χ1n) is 8.14. The number of carbonyl (C=O) groups is 1. The van der Waals surface area contributed by atoms with E-state index in [2.05, 4.69) is 19.2 Å². The van der Waals surface area contributed by atoms with Crippen LogP contribution < -0.4 is 14.8 Å². The van der Waals surface area contributed by atoms with Crippen LogP contribution in [0, 0.1) is 11.7 Å². The van der Waals surface area contributed by atoms with Crippen LogP contribution in [0.2, 0.25) is 5.02 Å². The van der Waals surface area contributed by atoms with Gasteiger partial charge in [0.1, 0.15) is 5.82 Å². The minimum absolute atomic E-state index is 0.0477. The molecule has 138 valence electrons. The molecular weight excluding hydrogens is 357 g/mol. The number of halogens is 2. The Balaban J connectivity index is 2.04. The predicted molar refractivity (Wildman–Crippen MR) is 102 cm³/mol. The third-order valence-electron chi connectivity index (χ3n) is 3.37. The zero-order valence-corrected chi connectivity index (χ0v) is 15.6. The van der Waals surface area contributed by atoms with E-state index in [0.717, 1.165) is 5.56 Å². The fraction of sp³-hybridized carbons (Fsp3) is 0.250. The zero-order chi connectivity index (χ0) is 19.1. The Labute approximate surface area is 157 Å². The van der Waals surface area contributed by atoms with Crippen molar-refractivity contribution in [1.82, 2.24) is 0 Å². The molecule has 0 aliphatic carbocycles. The van der Waals surface area contributed by atoms with E-state index in [4.69, 9.17) is 21.1 Å². The lowest BCUT2D eigenvalue weighted by Crippen LogP contribution is -2.07. The van der Waals surface area contributed by atoms with Gasteiger partial charge in [-0.05, 0) is 47.9 Å². The number of benzene rings is 2. The van der Waals surface area contributed by atoms with Gasteiger partial charge in [0.05, 0.1) is 18.7 Å². The molecule has 0 saturated carbocycles. The van der Waals surface area contributed by atoms with Crippen molar-refractivity contribution in [3.05, 3.63) is 58.9 Å². The summed E-state index contributed by atoms with van der Waals surface area (Å²) in [5.41, 5.74) is 1.20. The van der Waals surface area contributed by atoms with Gasteiger partial charge in [0.25, 0.3) is 0 Å². The largest absolute Gasteiger partial charge is 0.493 e. The number of amides is 1. The van der Waals surface area contributed by atoms with E-state index in [-0.39, 0.29) is 10.9 Å². The maximum Gasteiger partial charge on any atom is 0.248 e. The summed E-state index contributed by atoms with van der Waals surface area (Å²) in [6, 6.07) is 9.41. The molecule has 1 amide bonds. The molecule has 1 N–H and O–H groups in total. The number of methoxy groups -OCH3 is 1. The lowest BCUT2D eigenvalue weighted by Gasteiger charge is -2.12. The van der Waals surface area contributed by atoms with Crippen LogP contribution in [0.1, 0.15) is 19.4 Å². The number of anilines is 1. The Morgan fingerprint density at radius 3 is 2.65 bits per heavy atom. The summed E-state index contributed by atoms with van der Waals surface area (Å²) in [5, 5.41) is 2.57. The molecule has 0 fully saturated rings. The fourth-order valence-corrected chi connectivity index (χ4v) is 2.27. The maximum atomic E-state index is 13.1. The SMILES string of the molecule is COc1cc(C=CC(=O)Nc2ccc(F)c(Cl)c2)ccc1OCC(C)C. The molecule has 0 radical (unpaired) electrons. The average Bonchev–Trinajstić information content (AvgIpc) is 2.61. The molecule has 0 aliphatic heterocycles. The summed E-state index contributed by atoms with van der Waals surface area (Å²) >= 11 is 5.69. The molecule has 0 atom stereocenters. The van der Waals surface area contributed by atoms with Crippen molar-refractivity contribution in [2.45, 2.75) is 13.8 Å². The third-order valence-corrected chi connectivity index (χ3v) is 3.66. The van der Waals surface area contributed by atoms with Crippen molar-refractivity contribution in [3.8, 4) is 11.5 Å². The molecule has 0 bridgehead atoms. The minimum atomic E-state index is -0.535. The van der Waals surface area contributed by atoms with Crippen molar-refractivity contribution in [3.63, 3.8) is 0 Å². The number of hydrogen-bond donors (Lipinski definition) is 1. The molecule has 0 heterocycles. The molecule has 2 aromatic rings. The lowest BCUT2D eigenvalue weighted by atomic mass is 10.2. The lowest BCUT2D eigenvalue weighted by molar-refractivity contribution is -0.111. The van der Waals surface area contributed by atoms with Gasteiger partial charge in [0, 0.05) is 11.8 Å². The number of ether oxygens (including phenoxy) is 2. The highest BCUT2D eigenvalue weighted by atomic mass is 35.5. The van der Waals surface area contributed by atoms with Crippen LogP contribution >= 0.6 is 11.6 Å². The molecule has 2 rings (SSSR count). The van der Waals surface area contributed by atoms with Crippen LogP contribution in [0.5, 0.6) is 11.5 Å². The maximum absolute atomic E-state index is 13.1. The Morgan fingerprint density at radius 2 is 2.00 bits per heavy atom. The summed E-state index contributed by atoms with van der Waals surface area (Å²) in [7, 11) is 1.57. The van der Waals surface area contributed by atoms with Crippen LogP contribution in [0.15, 0.2) is 42.5 Å². The number of rotatable bonds is 7. The van der Waals surface area contributed by atoms with Gasteiger partial charge in [-0.3, -0.25) is 4.79 Å². The van der Waals surface area contributed by atoms with E-state index in [1.807, 2.05) is 6.07 Å². The highest BCUT2D eigenvalue weighted by molar-refractivity contribution is 6.31. The topological polar surface area (TPSA) is 47.6 Å². The highest BCUT2D eigenvalue weighted by Gasteiger charge is 2.07. The normalized spacial score (nSPS) is 11.0. The van der Waals surface area contributed by atoms with Crippen molar-refractivity contribution in [2.75, 3.05) is 19.0 Å². The molecule has 0 aliphatic rings. The second-order valence-electron chi connectivity index (χ2n) is 6.07. The molecule has 6 heteroatoms. The Morgan fingerprint density at radius 1 is 1.23 bits per heavy atom. The molecule has 0 saturated heterocycles. The summed E-state index contributed by atoms with van der Waals surface area (Å²) in [4.78, 5) is 12.0. The van der Waals surface area contributed by atoms with Gasteiger partial charge < -0.3 is 14.8 Å². The standard InChI is InChI=1S/C20H21ClFNO3/c1-13(2)12-26-18-8-4-14(10-19(18)25-3)5-9-20(24)23-15-6-7-17(22)16(21)11-15/h4-11,13H,12H2,1-3H3,(H,23,24). The van der Waals surface area contributed by atoms with Gasteiger partial charge in [-0.2, -0.15) is 0 Å². The van der Waals surface area contributed by atoms with E-state index in [0.29, 0.717) is 29.7 Å². The molecule has 0 spiro atoms. The molecule has 4 nitrogen and oxygen atoms in total. The number of nitrogens with one attached hydrogen (secondary N) is 1. The summed E-state index contributed by atoms with van der Waals surface area (Å²) in [5.74, 6) is 0.768. The van der Waals surface area contributed by atoms with E-state index < -0.39 is 5.82 Å². The first-order valence-corrected chi connectivity index (χ1v) is 8.51. The number of hydrogen-bond acceptors (Lipinski definition) is 3. The van der Waals surface area contributed by atoms with Crippen LogP contribution in [-0.4, -0.2) is 19.6 Å². The van der Waals surface area contributed by atoms with E-state index in [1.165, 1.54) is 24.3 Å². The van der Waals surface area contributed by atoms with Crippen LogP contribution in [0.4, 0.5) is 10.1 Å². The van der Waals surface area contributed by atoms with Gasteiger partial charge >= 0.3 is 0 Å². The van der Waals surface area contributed by atoms with Crippen molar-refractivity contribution in [2.24, 2.45) is 5.92 Å². The molecule has 26 heavy (non-hydrogen) atoms. The van der Waals surface area contributed by atoms with E-state index >= 15 is 0 Å². The highest BCUT2D eigenvalue weighted by Crippen LogP contribution is 2.29. The molecule has 0 unspecified atom stereocenters. The quantitative estimate of drug-likeness (QED) is 0.677. The number of carbonyl (C=O) groups excluding carboxylic acids is 1. The van der Waals surface area contributed by atoms with Crippen LogP contribution in [-0.2, 0) is 4.79 Å². The smallest absolute Gasteiger partial charge is 0.248 e. The van der Waals surface area contributed by atoms with Gasteiger partial charge in [-0.15, -0.1) is 0 Å². The van der Waals surface area contributed by atoms with Crippen LogP contribution in [0.25, 0.3) is 6.08 Å². The Bertz CT molecular complexity index is 806. The van der Waals surface area contributed by atoms with Gasteiger partial charge in [0.2, 0.25) is 5.91 Å². The van der Waals surface area contributed by atoms with Gasteiger partial charge in [0.15, 0.2) is 11.5 Å². The predicted octanol–water partition coefficient (Wildman–Crippen LogP) is 5.17. The summed E-state index contributed by atoms with van der Waals surface area (Å²) in [6.07, 6.45) is 3.02. The average molecular weight is 378 g/mol. The first-order chi connectivity index (χ1) is 12.4. The van der Waals surface area contributed by atoms with Crippen molar-refractivity contribution < 1.29 is 18.7 Å². The second-order valence-corrected chi connectivity index (χ2v) is 6.47. The van der Waals surface area contributed by atoms with Crippen molar-refractivity contribution in [1.29, 1.82) is 0 Å². The van der Waals surface area contributed by atoms with Gasteiger partial charge in [-0.1, -0.05) is 31.5 Å². The molecule has 2 aromatic carbocycles. The fourth-order valence-electron chi connectivity index (χ4n) is 2.09. The van der Waals surface area contributed by atoms with Crippen molar-refractivity contribution >= 4 is 29.3 Å². The summed E-state index contributed by atoms with van der Waals surface area (Å²) in [6.45, 7) is 4.72. The Hall–Kier alpha value is -2.53. The second kappa shape index (κ2) is 9.25. The zero-order valence-electron chi connectivity index (χ0n) is 14.9. The van der Waals surface area contributed by atoms with E-state index in [9.17, 15) is 9.18 Å². The van der Waals surface area contributed by atoms with Crippen LogP contribution in [0.3, 0.4) is 0 Å².